The topological polar surface area (TPSA) is 58.7 Å². The largest absolute Gasteiger partial charge is 0.492 e. The summed E-state index contributed by atoms with van der Waals surface area (Å²) in [6.45, 7) is 5.79. The first-order chi connectivity index (χ1) is 8.31. The summed E-state index contributed by atoms with van der Waals surface area (Å²) in [6, 6.07) is 7.81. The van der Waals surface area contributed by atoms with Gasteiger partial charge in [0, 0.05) is 25.2 Å². The van der Waals surface area contributed by atoms with Crippen LogP contribution in [0, 0.1) is 0 Å². The molecule has 0 spiro atoms. The van der Waals surface area contributed by atoms with E-state index in [1.165, 1.54) is 0 Å². The molecule has 3 N–H and O–H groups in total. The zero-order valence-corrected chi connectivity index (χ0v) is 10.4. The fraction of sp³-hybridized carbons (Fsp3) is 0.538. The lowest BCUT2D eigenvalue weighted by atomic mass is 10.2. The van der Waals surface area contributed by atoms with Crippen molar-refractivity contribution in [3.8, 4) is 5.75 Å². The van der Waals surface area contributed by atoms with E-state index in [4.69, 9.17) is 15.6 Å². The van der Waals surface area contributed by atoms with Gasteiger partial charge in [-0.25, -0.2) is 0 Å². The van der Waals surface area contributed by atoms with Crippen LogP contribution in [-0.2, 0) is 6.54 Å². The first-order valence-electron chi connectivity index (χ1n) is 6.05. The highest BCUT2D eigenvalue weighted by Crippen LogP contribution is 2.16. The number of ether oxygens (including phenoxy) is 1. The smallest absolute Gasteiger partial charge is 0.123 e. The van der Waals surface area contributed by atoms with Crippen molar-refractivity contribution in [2.24, 2.45) is 5.73 Å². The third-order valence-corrected chi connectivity index (χ3v) is 2.72. The average Bonchev–Trinajstić information content (AvgIpc) is 2.38. The number of hydrogen-bond acceptors (Lipinski definition) is 4. The second kappa shape index (κ2) is 8.06. The summed E-state index contributed by atoms with van der Waals surface area (Å²) in [6.07, 6.45) is 0. The van der Waals surface area contributed by atoms with Crippen LogP contribution in [0.1, 0.15) is 12.5 Å². The van der Waals surface area contributed by atoms with Crippen LogP contribution in [-0.4, -0.2) is 42.9 Å². The summed E-state index contributed by atoms with van der Waals surface area (Å²) in [5.74, 6) is 0.857. The highest BCUT2D eigenvalue weighted by atomic mass is 16.5. The molecule has 4 heteroatoms. The predicted octanol–water partition coefficient (Wildman–Crippen LogP) is 0.838. The zero-order valence-electron chi connectivity index (χ0n) is 10.4. The Morgan fingerprint density at radius 3 is 2.71 bits per heavy atom. The molecule has 17 heavy (non-hydrogen) atoms. The molecule has 0 aliphatic rings. The van der Waals surface area contributed by atoms with Gasteiger partial charge in [0.25, 0.3) is 0 Å². The second-order valence-electron chi connectivity index (χ2n) is 3.82. The molecule has 1 rings (SSSR count). The van der Waals surface area contributed by atoms with Gasteiger partial charge in [-0.05, 0) is 12.6 Å². The Morgan fingerprint density at radius 2 is 2.06 bits per heavy atom. The van der Waals surface area contributed by atoms with Gasteiger partial charge in [-0.15, -0.1) is 0 Å². The molecule has 0 unspecified atom stereocenters. The Balaban J connectivity index is 2.39. The van der Waals surface area contributed by atoms with E-state index in [-0.39, 0.29) is 6.61 Å². The molecule has 0 atom stereocenters. The van der Waals surface area contributed by atoms with E-state index in [0.717, 1.165) is 24.4 Å². The standard InChI is InChI=1S/C13H22N2O2/c1-2-15(7-9-16)8-10-17-13-6-4-3-5-12(13)11-14/h3-6,16H,2,7-11,14H2,1H3. The van der Waals surface area contributed by atoms with Gasteiger partial charge in [0.1, 0.15) is 12.4 Å². The summed E-state index contributed by atoms with van der Waals surface area (Å²) in [7, 11) is 0. The third-order valence-electron chi connectivity index (χ3n) is 2.72. The Morgan fingerprint density at radius 1 is 1.29 bits per heavy atom. The number of aliphatic hydroxyl groups excluding tert-OH is 1. The number of aliphatic hydroxyl groups is 1. The van der Waals surface area contributed by atoms with E-state index < -0.39 is 0 Å². The van der Waals surface area contributed by atoms with E-state index in [1.807, 2.05) is 24.3 Å². The lowest BCUT2D eigenvalue weighted by Crippen LogP contribution is -2.31. The molecule has 0 aliphatic heterocycles. The van der Waals surface area contributed by atoms with Crippen LogP contribution < -0.4 is 10.5 Å². The van der Waals surface area contributed by atoms with Gasteiger partial charge in [-0.1, -0.05) is 25.1 Å². The molecule has 4 nitrogen and oxygen atoms in total. The fourth-order valence-electron chi connectivity index (χ4n) is 1.67. The molecule has 0 bridgehead atoms. The van der Waals surface area contributed by atoms with Crippen LogP contribution in [0.3, 0.4) is 0 Å². The van der Waals surface area contributed by atoms with Crippen molar-refractivity contribution in [2.45, 2.75) is 13.5 Å². The predicted molar refractivity (Wildman–Crippen MR) is 69.0 cm³/mol. The Kier molecular flexibility index (Phi) is 6.62. The minimum atomic E-state index is 0.188. The number of para-hydroxylation sites is 1. The number of benzene rings is 1. The lowest BCUT2D eigenvalue weighted by Gasteiger charge is -2.19. The Labute approximate surface area is 103 Å². The molecule has 0 amide bonds. The number of hydrogen-bond donors (Lipinski definition) is 2. The molecule has 96 valence electrons. The van der Waals surface area contributed by atoms with Gasteiger partial charge in [-0.2, -0.15) is 0 Å². The van der Waals surface area contributed by atoms with Crippen molar-refractivity contribution in [1.29, 1.82) is 0 Å². The summed E-state index contributed by atoms with van der Waals surface area (Å²) >= 11 is 0. The average molecular weight is 238 g/mol. The second-order valence-corrected chi connectivity index (χ2v) is 3.82. The van der Waals surface area contributed by atoms with Crippen LogP contribution in [0.25, 0.3) is 0 Å². The van der Waals surface area contributed by atoms with E-state index in [2.05, 4.69) is 11.8 Å². The molecule has 0 radical (unpaired) electrons. The highest BCUT2D eigenvalue weighted by molar-refractivity contribution is 5.32. The van der Waals surface area contributed by atoms with Crippen LogP contribution >= 0.6 is 0 Å². The Hall–Kier alpha value is -1.10. The van der Waals surface area contributed by atoms with Crippen LogP contribution in [0.15, 0.2) is 24.3 Å². The monoisotopic (exact) mass is 238 g/mol. The molecule has 0 saturated heterocycles. The molecule has 0 aliphatic carbocycles. The van der Waals surface area contributed by atoms with Gasteiger partial charge in [0.2, 0.25) is 0 Å². The maximum absolute atomic E-state index is 8.87. The maximum atomic E-state index is 8.87. The van der Waals surface area contributed by atoms with Gasteiger partial charge >= 0.3 is 0 Å². The van der Waals surface area contributed by atoms with Gasteiger partial charge < -0.3 is 15.6 Å². The first kappa shape index (κ1) is 14.0. The first-order valence-corrected chi connectivity index (χ1v) is 6.05. The zero-order chi connectivity index (χ0) is 12.5. The molecular weight excluding hydrogens is 216 g/mol. The van der Waals surface area contributed by atoms with Crippen molar-refractivity contribution < 1.29 is 9.84 Å². The molecule has 0 fully saturated rings. The molecule has 0 saturated carbocycles. The van der Waals surface area contributed by atoms with Gasteiger partial charge in [-0.3, -0.25) is 4.90 Å². The summed E-state index contributed by atoms with van der Waals surface area (Å²) in [5, 5.41) is 8.87. The quantitative estimate of drug-likeness (QED) is 0.704. The molecular formula is C13H22N2O2. The highest BCUT2D eigenvalue weighted by Gasteiger charge is 2.03. The van der Waals surface area contributed by atoms with E-state index >= 15 is 0 Å². The SMILES string of the molecule is CCN(CCO)CCOc1ccccc1CN. The Bertz CT molecular complexity index is 318. The normalized spacial score (nSPS) is 10.8. The summed E-state index contributed by atoms with van der Waals surface area (Å²) in [4.78, 5) is 2.14. The van der Waals surface area contributed by atoms with Gasteiger partial charge in [0.15, 0.2) is 0 Å². The number of likely N-dealkylation sites (N-methyl/N-ethyl adjacent to an activating group) is 1. The minimum absolute atomic E-state index is 0.188. The number of nitrogens with two attached hydrogens (primary N) is 1. The molecule has 1 aromatic rings. The summed E-state index contributed by atoms with van der Waals surface area (Å²) in [5.41, 5.74) is 6.66. The number of rotatable bonds is 8. The molecule has 1 aromatic carbocycles. The van der Waals surface area contributed by atoms with Crippen molar-refractivity contribution in [3.05, 3.63) is 29.8 Å². The van der Waals surface area contributed by atoms with Crippen molar-refractivity contribution >= 4 is 0 Å². The van der Waals surface area contributed by atoms with Crippen molar-refractivity contribution in [2.75, 3.05) is 32.8 Å². The van der Waals surface area contributed by atoms with Crippen LogP contribution in [0.2, 0.25) is 0 Å². The van der Waals surface area contributed by atoms with E-state index in [1.54, 1.807) is 0 Å². The minimum Gasteiger partial charge on any atom is -0.492 e. The van der Waals surface area contributed by atoms with Crippen LogP contribution in [0.4, 0.5) is 0 Å². The van der Waals surface area contributed by atoms with Crippen LogP contribution in [0.5, 0.6) is 5.75 Å². The van der Waals surface area contributed by atoms with E-state index in [0.29, 0.717) is 19.7 Å². The fourth-order valence-corrected chi connectivity index (χ4v) is 1.67. The summed E-state index contributed by atoms with van der Waals surface area (Å²) < 4.78 is 5.70. The third kappa shape index (κ3) is 4.73. The van der Waals surface area contributed by atoms with Crippen molar-refractivity contribution in [3.63, 3.8) is 0 Å². The molecule has 0 heterocycles. The number of nitrogens with zero attached hydrogens (tertiary/aromatic N) is 1. The van der Waals surface area contributed by atoms with E-state index in [9.17, 15) is 0 Å². The lowest BCUT2D eigenvalue weighted by molar-refractivity contribution is 0.173. The maximum Gasteiger partial charge on any atom is 0.123 e. The van der Waals surface area contributed by atoms with Gasteiger partial charge in [0.05, 0.1) is 6.61 Å². The molecule has 0 aromatic heterocycles. The van der Waals surface area contributed by atoms with Crippen molar-refractivity contribution in [1.82, 2.24) is 4.90 Å².